The minimum absolute atomic E-state index is 0.173. The third-order valence-electron chi connectivity index (χ3n) is 3.96. The summed E-state index contributed by atoms with van der Waals surface area (Å²) in [6, 6.07) is 5.98. The fourth-order valence-corrected chi connectivity index (χ4v) is 5.05. The van der Waals surface area contributed by atoms with Gasteiger partial charge in [-0.15, -0.1) is 22.7 Å². The number of hydrogen-bond acceptors (Lipinski definition) is 8. The topological polar surface area (TPSA) is 113 Å². The van der Waals surface area contributed by atoms with Gasteiger partial charge in [-0.1, -0.05) is 12.1 Å². The van der Waals surface area contributed by atoms with Crippen LogP contribution in [0.1, 0.15) is 16.3 Å². The number of halogens is 3. The van der Waals surface area contributed by atoms with Crippen LogP contribution in [0.15, 0.2) is 34.5 Å². The number of nitriles is 1. The van der Waals surface area contributed by atoms with Crippen LogP contribution in [0.25, 0.3) is 10.6 Å². The van der Waals surface area contributed by atoms with Crippen LogP contribution in [0, 0.1) is 18.3 Å². The maximum Gasteiger partial charge on any atom is 0.501 e. The van der Waals surface area contributed by atoms with E-state index in [0.717, 1.165) is 34.8 Å². The van der Waals surface area contributed by atoms with E-state index in [1.165, 1.54) is 22.7 Å². The smallest absolute Gasteiger partial charge is 0.302 e. The molecule has 0 atom stereocenters. The Morgan fingerprint density at radius 1 is 1.23 bits per heavy atom. The molecule has 0 aliphatic heterocycles. The van der Waals surface area contributed by atoms with Gasteiger partial charge in [0.15, 0.2) is 5.13 Å². The summed E-state index contributed by atoms with van der Waals surface area (Å²) in [7, 11) is -5.43. The molecule has 0 radical (unpaired) electrons. The van der Waals surface area contributed by atoms with Crippen molar-refractivity contribution in [1.29, 1.82) is 5.26 Å². The van der Waals surface area contributed by atoms with Crippen LogP contribution in [0.5, 0.6) is 0 Å². The van der Waals surface area contributed by atoms with E-state index in [1.807, 2.05) is 6.07 Å². The molecule has 1 N–H and O–H groups in total. The normalized spacial score (nSPS) is 11.8. The summed E-state index contributed by atoms with van der Waals surface area (Å²) in [5.74, 6) is -0.460. The van der Waals surface area contributed by atoms with Crippen LogP contribution in [0.2, 0.25) is 0 Å². The Labute approximate surface area is 183 Å². The number of nitrogens with one attached hydrogen (secondary N) is 1. The zero-order chi connectivity index (χ0) is 22.8. The lowest BCUT2D eigenvalue weighted by molar-refractivity contribution is -0.115. The first-order chi connectivity index (χ1) is 14.5. The fourth-order valence-electron chi connectivity index (χ4n) is 2.54. The highest BCUT2D eigenvalue weighted by atomic mass is 32.2. The Morgan fingerprint density at radius 2 is 1.90 bits per heavy atom. The van der Waals surface area contributed by atoms with Gasteiger partial charge in [0.25, 0.3) is 9.84 Å². The average molecular weight is 487 g/mol. The van der Waals surface area contributed by atoms with Gasteiger partial charge in [0, 0.05) is 5.38 Å². The molecule has 2 aromatic heterocycles. The van der Waals surface area contributed by atoms with Crippen LogP contribution < -0.4 is 5.32 Å². The van der Waals surface area contributed by atoms with Crippen molar-refractivity contribution < 1.29 is 26.4 Å². The molecular weight excluding hydrogens is 473 g/mol. The summed E-state index contributed by atoms with van der Waals surface area (Å²) in [6.07, 6.45) is 0.0233. The molecule has 1 amide bonds. The molecule has 0 saturated heterocycles. The third-order valence-corrected chi connectivity index (χ3v) is 7.40. The molecule has 0 saturated carbocycles. The maximum atomic E-state index is 12.6. The van der Waals surface area contributed by atoms with E-state index < -0.39 is 26.1 Å². The number of amides is 1. The van der Waals surface area contributed by atoms with Crippen LogP contribution >= 0.6 is 22.7 Å². The van der Waals surface area contributed by atoms with Crippen molar-refractivity contribution in [3.05, 3.63) is 45.9 Å². The van der Waals surface area contributed by atoms with E-state index >= 15 is 0 Å². The molecule has 2 heterocycles. The highest BCUT2D eigenvalue weighted by Gasteiger charge is 2.46. The number of benzene rings is 1. The van der Waals surface area contributed by atoms with Crippen molar-refractivity contribution in [3.8, 4) is 16.6 Å². The molecule has 0 spiro atoms. The van der Waals surface area contributed by atoms with Crippen molar-refractivity contribution in [2.75, 3.05) is 5.32 Å². The molecule has 3 rings (SSSR count). The van der Waals surface area contributed by atoms with Crippen molar-refractivity contribution in [1.82, 2.24) is 9.97 Å². The van der Waals surface area contributed by atoms with Crippen molar-refractivity contribution >= 4 is 43.5 Å². The predicted octanol–water partition coefficient (Wildman–Crippen LogP) is 4.12. The summed E-state index contributed by atoms with van der Waals surface area (Å²) >= 11 is 2.54. The SMILES string of the molecule is Cc1nc(CC#N)sc1-c1csc(NC(=O)Cc2ccc(S(=O)(=O)C(F)(F)F)cc2)n1. The lowest BCUT2D eigenvalue weighted by atomic mass is 10.1. The molecule has 7 nitrogen and oxygen atoms in total. The lowest BCUT2D eigenvalue weighted by Gasteiger charge is -2.08. The van der Waals surface area contributed by atoms with Gasteiger partial charge in [0.1, 0.15) is 5.01 Å². The highest BCUT2D eigenvalue weighted by Crippen LogP contribution is 2.33. The van der Waals surface area contributed by atoms with Gasteiger partial charge in [0.2, 0.25) is 5.91 Å². The molecule has 0 aliphatic rings. The molecule has 0 bridgehead atoms. The molecule has 0 aliphatic carbocycles. The summed E-state index contributed by atoms with van der Waals surface area (Å²) < 4.78 is 60.5. The van der Waals surface area contributed by atoms with E-state index in [4.69, 9.17) is 5.26 Å². The number of rotatable bonds is 6. The van der Waals surface area contributed by atoms with Gasteiger partial charge in [0.05, 0.1) is 40.1 Å². The Balaban J connectivity index is 1.66. The number of sulfone groups is 1. The second kappa shape index (κ2) is 8.74. The third kappa shape index (κ3) is 5.09. The summed E-state index contributed by atoms with van der Waals surface area (Å²) in [5.41, 5.74) is -3.70. The van der Waals surface area contributed by atoms with E-state index in [1.54, 1.807) is 12.3 Å². The molecule has 3 aromatic rings. The molecule has 0 fully saturated rings. The van der Waals surface area contributed by atoms with E-state index in [-0.39, 0.29) is 12.8 Å². The van der Waals surface area contributed by atoms with E-state index in [9.17, 15) is 26.4 Å². The Kier molecular flexibility index (Phi) is 6.44. The number of aromatic nitrogens is 2. The van der Waals surface area contributed by atoms with Gasteiger partial charge >= 0.3 is 5.51 Å². The minimum Gasteiger partial charge on any atom is -0.302 e. The van der Waals surface area contributed by atoms with Crippen LogP contribution in [-0.4, -0.2) is 29.8 Å². The first kappa shape index (κ1) is 22.9. The first-order valence-corrected chi connectivity index (χ1v) is 11.7. The zero-order valence-corrected chi connectivity index (χ0v) is 18.2. The van der Waals surface area contributed by atoms with Gasteiger partial charge < -0.3 is 5.32 Å². The van der Waals surface area contributed by atoms with Crippen LogP contribution in [0.3, 0.4) is 0 Å². The molecule has 162 valence electrons. The molecule has 31 heavy (non-hydrogen) atoms. The largest absolute Gasteiger partial charge is 0.501 e. The highest BCUT2D eigenvalue weighted by molar-refractivity contribution is 7.92. The second-order valence-electron chi connectivity index (χ2n) is 6.21. The van der Waals surface area contributed by atoms with Crippen LogP contribution in [-0.2, 0) is 27.5 Å². The van der Waals surface area contributed by atoms with Gasteiger partial charge in [-0.25, -0.2) is 18.4 Å². The number of carbonyl (C=O) groups is 1. The number of alkyl halides is 3. The van der Waals surface area contributed by atoms with Crippen molar-refractivity contribution in [2.45, 2.75) is 30.2 Å². The summed E-state index contributed by atoms with van der Waals surface area (Å²) in [6.45, 7) is 1.80. The molecular formula is C18H13F3N4O3S3. The Morgan fingerprint density at radius 3 is 2.52 bits per heavy atom. The molecule has 1 aromatic carbocycles. The number of nitrogens with zero attached hydrogens (tertiary/aromatic N) is 3. The van der Waals surface area contributed by atoms with Crippen LogP contribution in [0.4, 0.5) is 18.3 Å². The van der Waals surface area contributed by atoms with E-state index in [0.29, 0.717) is 21.4 Å². The van der Waals surface area contributed by atoms with Gasteiger partial charge in [-0.3, -0.25) is 4.79 Å². The molecule has 13 heteroatoms. The maximum absolute atomic E-state index is 12.6. The standard InChI is InChI=1S/C18H13F3N4O3S3/c1-10-16(30-15(23-10)6-7-22)13-9-29-17(24-13)25-14(26)8-11-2-4-12(5-3-11)31(27,28)18(19,20)21/h2-5,9H,6,8H2,1H3,(H,24,25,26). The minimum atomic E-state index is -5.43. The first-order valence-electron chi connectivity index (χ1n) is 8.50. The lowest BCUT2D eigenvalue weighted by Crippen LogP contribution is -2.23. The second-order valence-corrected chi connectivity index (χ2v) is 10.1. The molecule has 0 unspecified atom stereocenters. The number of hydrogen-bond donors (Lipinski definition) is 1. The number of anilines is 1. The van der Waals surface area contributed by atoms with Gasteiger partial charge in [-0.2, -0.15) is 18.4 Å². The monoisotopic (exact) mass is 486 g/mol. The van der Waals surface area contributed by atoms with Crippen molar-refractivity contribution in [2.24, 2.45) is 0 Å². The Hall–Kier alpha value is -2.82. The summed E-state index contributed by atoms with van der Waals surface area (Å²) in [5, 5.41) is 14.1. The fraction of sp³-hybridized carbons (Fsp3) is 0.222. The Bertz CT molecular complexity index is 1260. The van der Waals surface area contributed by atoms with Crippen molar-refractivity contribution in [3.63, 3.8) is 0 Å². The number of carbonyl (C=O) groups excluding carboxylic acids is 1. The quantitative estimate of drug-likeness (QED) is 0.561. The van der Waals surface area contributed by atoms with Gasteiger partial charge in [-0.05, 0) is 24.6 Å². The number of aryl methyl sites for hydroxylation is 1. The summed E-state index contributed by atoms with van der Waals surface area (Å²) in [4.78, 5) is 20.8. The predicted molar refractivity (Wildman–Crippen MR) is 109 cm³/mol. The zero-order valence-electron chi connectivity index (χ0n) is 15.7. The number of thiazole rings is 2. The van der Waals surface area contributed by atoms with E-state index in [2.05, 4.69) is 15.3 Å². The average Bonchev–Trinajstić information content (AvgIpc) is 3.27.